The molecule has 0 bridgehead atoms. The number of allylic oxidation sites excluding steroid dienone is 6. The molecule has 1 nitrogen and oxygen atoms in total. The van der Waals surface area contributed by atoms with Crippen LogP contribution in [0, 0.1) is 35.0 Å². The predicted molar refractivity (Wildman–Crippen MR) is 127 cm³/mol. The van der Waals surface area contributed by atoms with Crippen LogP contribution < -0.4 is 0 Å². The second-order valence-corrected chi connectivity index (χ2v) is 9.64. The first kappa shape index (κ1) is 24.0. The second-order valence-electron chi connectivity index (χ2n) is 9.64. The number of rotatable bonds is 12. The van der Waals surface area contributed by atoms with E-state index in [9.17, 15) is 0 Å². The van der Waals surface area contributed by atoms with Crippen molar-refractivity contribution in [2.24, 2.45) is 23.7 Å². The van der Waals surface area contributed by atoms with Crippen LogP contribution in [0.2, 0.25) is 0 Å². The van der Waals surface area contributed by atoms with Crippen LogP contribution in [0.4, 0.5) is 0 Å². The van der Waals surface area contributed by atoms with Gasteiger partial charge in [0.1, 0.15) is 0 Å². The number of hydrogen-bond donors (Lipinski definition) is 0. The molecule has 0 aromatic heterocycles. The first-order valence-corrected chi connectivity index (χ1v) is 12.7. The molecule has 0 N–H and O–H groups in total. The molecule has 2 saturated carbocycles. The molecule has 0 saturated heterocycles. The van der Waals surface area contributed by atoms with Crippen LogP contribution in [0.25, 0.3) is 0 Å². The summed E-state index contributed by atoms with van der Waals surface area (Å²) in [7, 11) is 0. The number of nitriles is 1. The van der Waals surface area contributed by atoms with Crippen molar-refractivity contribution in [3.63, 3.8) is 0 Å². The fourth-order valence-corrected chi connectivity index (χ4v) is 5.29. The lowest BCUT2D eigenvalue weighted by Crippen LogP contribution is -2.15. The largest absolute Gasteiger partial charge is 0.193 e. The van der Waals surface area contributed by atoms with Crippen LogP contribution in [-0.2, 0) is 0 Å². The maximum atomic E-state index is 8.47. The van der Waals surface area contributed by atoms with E-state index in [1.165, 1.54) is 102 Å². The van der Waals surface area contributed by atoms with Gasteiger partial charge in [0.25, 0.3) is 0 Å². The summed E-state index contributed by atoms with van der Waals surface area (Å²) in [4.78, 5) is 0. The third kappa shape index (κ3) is 10.9. The Morgan fingerprint density at radius 2 is 1.31 bits per heavy atom. The van der Waals surface area contributed by atoms with E-state index in [1.807, 2.05) is 18.2 Å². The molecule has 2 fully saturated rings. The fourth-order valence-electron chi connectivity index (χ4n) is 5.29. The van der Waals surface area contributed by atoms with Gasteiger partial charge in [-0.05, 0) is 87.9 Å². The van der Waals surface area contributed by atoms with Gasteiger partial charge in [0.2, 0.25) is 0 Å². The minimum atomic E-state index is 0.844. The average molecular weight is 396 g/mol. The van der Waals surface area contributed by atoms with Crippen LogP contribution in [-0.4, -0.2) is 0 Å². The quantitative estimate of drug-likeness (QED) is 0.140. The van der Waals surface area contributed by atoms with E-state index in [0.29, 0.717) is 0 Å². The summed E-state index contributed by atoms with van der Waals surface area (Å²) in [5.41, 5.74) is 0. The first-order valence-electron chi connectivity index (χ1n) is 12.7. The fraction of sp³-hybridized carbons (Fsp3) is 0.750. The summed E-state index contributed by atoms with van der Waals surface area (Å²) >= 11 is 0. The van der Waals surface area contributed by atoms with Crippen molar-refractivity contribution in [2.45, 2.75) is 110 Å². The van der Waals surface area contributed by atoms with Gasteiger partial charge in [-0.25, -0.2) is 0 Å². The van der Waals surface area contributed by atoms with E-state index < -0.39 is 0 Å². The molecule has 0 unspecified atom stereocenters. The van der Waals surface area contributed by atoms with Gasteiger partial charge in [-0.3, -0.25) is 0 Å². The molecule has 0 aliphatic heterocycles. The maximum absolute atomic E-state index is 8.47. The van der Waals surface area contributed by atoms with Crippen LogP contribution in [0.1, 0.15) is 110 Å². The summed E-state index contributed by atoms with van der Waals surface area (Å²) in [5, 5.41) is 8.47. The monoisotopic (exact) mass is 395 g/mol. The Bertz CT molecular complexity index is 519. The SMILES string of the molecule is CCCCCCC[C@H]1CC[C@H](/C=C/C2CCC(CCC=CC=CC#N)CC2)CC1. The Hall–Kier alpha value is -1.29. The lowest BCUT2D eigenvalue weighted by atomic mass is 9.77. The molecule has 0 amide bonds. The van der Waals surface area contributed by atoms with E-state index in [4.69, 9.17) is 5.26 Å². The van der Waals surface area contributed by atoms with Crippen molar-refractivity contribution < 1.29 is 0 Å². The third-order valence-corrected chi connectivity index (χ3v) is 7.31. The lowest BCUT2D eigenvalue weighted by Gasteiger charge is -2.29. The van der Waals surface area contributed by atoms with E-state index in [1.54, 1.807) is 0 Å². The molecular weight excluding hydrogens is 350 g/mol. The Morgan fingerprint density at radius 3 is 1.90 bits per heavy atom. The smallest absolute Gasteiger partial charge is 0.0912 e. The van der Waals surface area contributed by atoms with Crippen LogP contribution in [0.5, 0.6) is 0 Å². The zero-order chi connectivity index (χ0) is 20.6. The zero-order valence-corrected chi connectivity index (χ0v) is 19.0. The van der Waals surface area contributed by atoms with Gasteiger partial charge in [0.15, 0.2) is 0 Å². The molecular formula is C28H45N. The summed E-state index contributed by atoms with van der Waals surface area (Å²) in [6.07, 6.45) is 35.4. The third-order valence-electron chi connectivity index (χ3n) is 7.31. The topological polar surface area (TPSA) is 23.8 Å². The van der Waals surface area contributed by atoms with Crippen LogP contribution >= 0.6 is 0 Å². The molecule has 0 aromatic rings. The molecule has 1 heteroatoms. The minimum Gasteiger partial charge on any atom is -0.193 e. The summed E-state index contributed by atoms with van der Waals surface area (Å²) in [6.45, 7) is 2.30. The Kier molecular flexibility index (Phi) is 12.8. The predicted octanol–water partition coefficient (Wildman–Crippen LogP) is 8.93. The second kappa shape index (κ2) is 15.5. The van der Waals surface area contributed by atoms with Crippen LogP contribution in [0.3, 0.4) is 0 Å². The number of hydrogen-bond acceptors (Lipinski definition) is 1. The summed E-state index contributed by atoms with van der Waals surface area (Å²) in [5.74, 6) is 3.66. The van der Waals surface area contributed by atoms with E-state index in [2.05, 4.69) is 25.2 Å². The van der Waals surface area contributed by atoms with Gasteiger partial charge in [-0.1, -0.05) is 75.8 Å². The van der Waals surface area contributed by atoms with Crippen molar-refractivity contribution >= 4 is 0 Å². The molecule has 0 atom stereocenters. The van der Waals surface area contributed by atoms with Gasteiger partial charge in [0.05, 0.1) is 6.07 Å². The van der Waals surface area contributed by atoms with Crippen LogP contribution in [0.15, 0.2) is 36.5 Å². The lowest BCUT2D eigenvalue weighted by molar-refractivity contribution is 0.282. The molecule has 2 rings (SSSR count). The standard InChI is InChI=1S/C28H45N/c1-2-3-4-6-9-12-25-14-18-27(19-15-25)22-23-28-20-16-26(17-21-28)13-10-7-5-8-11-24-29/h5,7-8,11,22-23,25-28H,2-4,6,9-10,12-21H2,1H3/b7-5?,11-8?,23-22+/t25-,26?,27-,28?. The normalized spacial score (nSPS) is 28.4. The number of nitrogens with zero attached hydrogens (tertiary/aromatic N) is 1. The minimum absolute atomic E-state index is 0.844. The molecule has 0 spiro atoms. The van der Waals surface area contributed by atoms with E-state index in [0.717, 1.165) is 30.1 Å². The van der Waals surface area contributed by atoms with Gasteiger partial charge in [-0.15, -0.1) is 0 Å². The Morgan fingerprint density at radius 1 is 0.724 bits per heavy atom. The molecule has 0 radical (unpaired) electrons. The van der Waals surface area contributed by atoms with Crippen molar-refractivity contribution in [3.05, 3.63) is 36.5 Å². The van der Waals surface area contributed by atoms with E-state index in [-0.39, 0.29) is 0 Å². The molecule has 0 aromatic carbocycles. The molecule has 2 aliphatic rings. The Labute approximate surface area is 181 Å². The van der Waals surface area contributed by atoms with Crippen molar-refractivity contribution in [3.8, 4) is 6.07 Å². The van der Waals surface area contributed by atoms with Gasteiger partial charge >= 0.3 is 0 Å². The summed E-state index contributed by atoms with van der Waals surface area (Å²) < 4.78 is 0. The highest BCUT2D eigenvalue weighted by Crippen LogP contribution is 2.35. The first-order chi connectivity index (χ1) is 14.3. The highest BCUT2D eigenvalue weighted by Gasteiger charge is 2.21. The highest BCUT2D eigenvalue weighted by molar-refractivity contribution is 5.11. The number of unbranched alkanes of at least 4 members (excludes halogenated alkanes) is 4. The van der Waals surface area contributed by atoms with E-state index >= 15 is 0 Å². The van der Waals surface area contributed by atoms with Gasteiger partial charge < -0.3 is 0 Å². The van der Waals surface area contributed by atoms with Crippen molar-refractivity contribution in [1.82, 2.24) is 0 Å². The van der Waals surface area contributed by atoms with Gasteiger partial charge in [0, 0.05) is 6.08 Å². The maximum Gasteiger partial charge on any atom is 0.0912 e. The molecule has 0 heterocycles. The highest BCUT2D eigenvalue weighted by atomic mass is 14.3. The molecule has 2 aliphatic carbocycles. The summed E-state index contributed by atoms with van der Waals surface area (Å²) in [6, 6.07) is 2.03. The zero-order valence-electron chi connectivity index (χ0n) is 19.0. The van der Waals surface area contributed by atoms with Crippen molar-refractivity contribution in [1.29, 1.82) is 5.26 Å². The Balaban J connectivity index is 1.53. The average Bonchev–Trinajstić information content (AvgIpc) is 2.76. The van der Waals surface area contributed by atoms with Crippen molar-refractivity contribution in [2.75, 3.05) is 0 Å². The van der Waals surface area contributed by atoms with Gasteiger partial charge in [-0.2, -0.15) is 5.26 Å². The molecule has 162 valence electrons. The molecule has 29 heavy (non-hydrogen) atoms.